The molecule has 0 aliphatic carbocycles. The Hall–Kier alpha value is -4.09. The Morgan fingerprint density at radius 2 is 2.06 bits per heavy atom. The van der Waals surface area contributed by atoms with Crippen LogP contribution < -0.4 is 10.7 Å². The number of Topliss-reactive ketones (excluding diaryl/α,β-unsaturated/α-hetero) is 1. The third-order valence-electron chi connectivity index (χ3n) is 7.14. The zero-order chi connectivity index (χ0) is 25.9. The van der Waals surface area contributed by atoms with E-state index in [1.54, 1.807) is 6.92 Å². The minimum atomic E-state index is -1.48. The van der Waals surface area contributed by atoms with Crippen molar-refractivity contribution < 1.29 is 33.1 Å². The molecule has 10 nitrogen and oxygen atoms in total. The summed E-state index contributed by atoms with van der Waals surface area (Å²) in [7, 11) is 0. The van der Waals surface area contributed by atoms with Crippen LogP contribution in [0, 0.1) is 11.6 Å². The second-order valence-corrected chi connectivity index (χ2v) is 9.24. The van der Waals surface area contributed by atoms with Gasteiger partial charge in [-0.3, -0.25) is 19.2 Å². The van der Waals surface area contributed by atoms with Crippen molar-refractivity contribution in [2.45, 2.75) is 50.9 Å². The van der Waals surface area contributed by atoms with Gasteiger partial charge in [0.1, 0.15) is 29.0 Å². The molecule has 0 saturated carbocycles. The van der Waals surface area contributed by atoms with Crippen LogP contribution in [0.3, 0.4) is 0 Å². The summed E-state index contributed by atoms with van der Waals surface area (Å²) in [6.45, 7) is 2.97. The Balaban J connectivity index is 1.57. The largest absolute Gasteiger partial charge is 0.503 e. The number of nitrogens with zero attached hydrogens (tertiary/aromatic N) is 3. The van der Waals surface area contributed by atoms with Gasteiger partial charge >= 0.3 is 0 Å². The number of ketones is 1. The van der Waals surface area contributed by atoms with E-state index in [4.69, 9.17) is 4.84 Å². The number of aromatic nitrogens is 1. The topological polar surface area (TPSA) is 130 Å². The summed E-state index contributed by atoms with van der Waals surface area (Å²) in [6, 6.07) is 1.65. The van der Waals surface area contributed by atoms with Crippen LogP contribution in [0.4, 0.5) is 8.78 Å². The monoisotopic (exact) mass is 500 g/mol. The van der Waals surface area contributed by atoms with Crippen molar-refractivity contribution in [1.82, 2.24) is 14.8 Å². The Labute approximate surface area is 203 Å². The number of carbonyl (C=O) groups is 3. The highest BCUT2D eigenvalue weighted by Crippen LogP contribution is 2.44. The molecule has 0 radical (unpaired) electrons. The maximum Gasteiger partial charge on any atom is 0.274 e. The van der Waals surface area contributed by atoms with Crippen LogP contribution in [0.15, 0.2) is 34.3 Å². The maximum absolute atomic E-state index is 14.0. The van der Waals surface area contributed by atoms with Gasteiger partial charge in [0.2, 0.25) is 16.8 Å². The first-order chi connectivity index (χ1) is 17.0. The number of fused-ring (bicyclic) bond motifs is 5. The van der Waals surface area contributed by atoms with E-state index in [-0.39, 0.29) is 48.3 Å². The Morgan fingerprint density at radius 3 is 2.72 bits per heavy atom. The van der Waals surface area contributed by atoms with E-state index in [2.05, 4.69) is 10.5 Å². The van der Waals surface area contributed by atoms with Gasteiger partial charge in [0.05, 0.1) is 0 Å². The average molecular weight is 500 g/mol. The lowest BCUT2D eigenvalue weighted by molar-refractivity contribution is -0.140. The molecule has 2 aromatic rings. The molecule has 3 atom stereocenters. The van der Waals surface area contributed by atoms with Crippen LogP contribution in [-0.2, 0) is 16.2 Å². The molecule has 1 fully saturated rings. The molecule has 2 N–H and O–H groups in total. The van der Waals surface area contributed by atoms with Crippen molar-refractivity contribution in [2.75, 3.05) is 6.54 Å². The van der Waals surface area contributed by atoms with Crippen molar-refractivity contribution in [3.63, 3.8) is 0 Å². The van der Waals surface area contributed by atoms with Crippen LogP contribution >= 0.6 is 0 Å². The van der Waals surface area contributed by atoms with E-state index in [9.17, 15) is 33.1 Å². The molecule has 3 aliphatic heterocycles. The minimum Gasteiger partial charge on any atom is -0.503 e. The fraction of sp³-hybridized carbons (Fsp3) is 0.375. The number of aromatic hydroxyl groups is 1. The number of nitrogens with one attached hydrogen (secondary N) is 1. The summed E-state index contributed by atoms with van der Waals surface area (Å²) in [6.07, 6.45) is 1.74. The molecule has 4 heterocycles. The number of halogens is 2. The summed E-state index contributed by atoms with van der Waals surface area (Å²) in [4.78, 5) is 59.4. The molecule has 5 rings (SSSR count). The Bertz CT molecular complexity index is 1420. The van der Waals surface area contributed by atoms with Gasteiger partial charge in [0.15, 0.2) is 11.4 Å². The van der Waals surface area contributed by atoms with Gasteiger partial charge in [0, 0.05) is 43.4 Å². The van der Waals surface area contributed by atoms with Crippen molar-refractivity contribution in [2.24, 2.45) is 5.16 Å². The smallest absolute Gasteiger partial charge is 0.274 e. The van der Waals surface area contributed by atoms with Crippen molar-refractivity contribution in [3.05, 3.63) is 63.1 Å². The van der Waals surface area contributed by atoms with E-state index in [0.717, 1.165) is 18.3 Å². The first-order valence-electron chi connectivity index (χ1n) is 11.3. The van der Waals surface area contributed by atoms with Gasteiger partial charge in [-0.05, 0) is 26.3 Å². The zero-order valence-corrected chi connectivity index (χ0v) is 19.4. The lowest BCUT2D eigenvalue weighted by Gasteiger charge is -2.41. The summed E-state index contributed by atoms with van der Waals surface area (Å²) >= 11 is 0. The van der Waals surface area contributed by atoms with Gasteiger partial charge in [-0.2, -0.15) is 0 Å². The summed E-state index contributed by atoms with van der Waals surface area (Å²) in [5.74, 6) is -4.55. The molecule has 0 unspecified atom stereocenters. The number of oxime groups is 1. The molecule has 1 spiro atoms. The summed E-state index contributed by atoms with van der Waals surface area (Å²) in [5.41, 5.74) is -3.32. The zero-order valence-electron chi connectivity index (χ0n) is 19.4. The van der Waals surface area contributed by atoms with Gasteiger partial charge in [-0.1, -0.05) is 11.2 Å². The Kier molecular flexibility index (Phi) is 5.42. The lowest BCUT2D eigenvalue weighted by Crippen LogP contribution is -2.55. The van der Waals surface area contributed by atoms with Gasteiger partial charge in [0.25, 0.3) is 11.8 Å². The van der Waals surface area contributed by atoms with Crippen LogP contribution in [0.1, 0.15) is 59.1 Å². The maximum atomic E-state index is 14.0. The molecule has 2 bridgehead atoms. The van der Waals surface area contributed by atoms with Gasteiger partial charge < -0.3 is 24.7 Å². The summed E-state index contributed by atoms with van der Waals surface area (Å²) in [5, 5.41) is 17.0. The SMILES string of the molecule is CC1=NO[C@]2(CC[C@H](C)N3C[C@H]2n2cc(C(=O)NCc4ccc(F)cc4F)c(=O)c(O)c2C3=O)C1=O. The molecule has 3 aliphatic rings. The standard InChI is InChI=1S/C24H22F2N4O6/c1-11-5-6-24(21(33)12(2)28-36-24)17-10-29(11)23(35)18-20(32)19(31)15(9-30(17)18)22(34)27-8-13-3-4-14(25)7-16(13)26/h3-4,7,9,11,17,32H,5-6,8,10H2,1-2H3,(H,27,34)/t11-,17+,24-/m0/s1. The minimum absolute atomic E-state index is 0.0212. The fourth-order valence-corrected chi connectivity index (χ4v) is 5.08. The predicted octanol–water partition coefficient (Wildman–Crippen LogP) is 1.66. The van der Waals surface area contributed by atoms with Crippen molar-refractivity contribution in [3.8, 4) is 5.75 Å². The van der Waals surface area contributed by atoms with Crippen LogP contribution in [0.2, 0.25) is 0 Å². The van der Waals surface area contributed by atoms with Crippen molar-refractivity contribution >= 4 is 23.3 Å². The quantitative estimate of drug-likeness (QED) is 0.659. The molecular weight excluding hydrogens is 478 g/mol. The number of carbonyl (C=O) groups excluding carboxylic acids is 3. The van der Waals surface area contributed by atoms with E-state index >= 15 is 0 Å². The third-order valence-corrected chi connectivity index (χ3v) is 7.14. The van der Waals surface area contributed by atoms with Crippen LogP contribution in [0.5, 0.6) is 5.75 Å². The fourth-order valence-electron chi connectivity index (χ4n) is 5.08. The highest BCUT2D eigenvalue weighted by atomic mass is 19.1. The number of benzene rings is 1. The first kappa shape index (κ1) is 23.6. The molecule has 12 heteroatoms. The highest BCUT2D eigenvalue weighted by molar-refractivity contribution is 6.43. The number of hydrogen-bond acceptors (Lipinski definition) is 7. The second kappa shape index (κ2) is 8.25. The molecule has 2 amide bonds. The molecule has 1 saturated heterocycles. The van der Waals surface area contributed by atoms with E-state index in [1.807, 2.05) is 0 Å². The Morgan fingerprint density at radius 1 is 1.31 bits per heavy atom. The van der Waals surface area contributed by atoms with Gasteiger partial charge in [-0.15, -0.1) is 0 Å². The number of hydrogen-bond donors (Lipinski definition) is 2. The number of rotatable bonds is 3. The molecule has 188 valence electrons. The number of amides is 2. The van der Waals surface area contributed by atoms with E-state index in [0.29, 0.717) is 12.5 Å². The van der Waals surface area contributed by atoms with Crippen LogP contribution in [-0.4, -0.2) is 56.1 Å². The summed E-state index contributed by atoms with van der Waals surface area (Å²) < 4.78 is 28.4. The van der Waals surface area contributed by atoms with Gasteiger partial charge in [-0.25, -0.2) is 8.78 Å². The lowest BCUT2D eigenvalue weighted by atomic mass is 9.83. The first-order valence-corrected chi connectivity index (χ1v) is 11.3. The highest BCUT2D eigenvalue weighted by Gasteiger charge is 2.58. The normalized spacial score (nSPS) is 24.8. The second-order valence-electron chi connectivity index (χ2n) is 9.24. The van der Waals surface area contributed by atoms with Crippen LogP contribution in [0.25, 0.3) is 0 Å². The predicted molar refractivity (Wildman–Crippen MR) is 121 cm³/mol. The molecule has 1 aromatic carbocycles. The van der Waals surface area contributed by atoms with E-state index in [1.165, 1.54) is 16.4 Å². The van der Waals surface area contributed by atoms with E-state index < -0.39 is 51.8 Å². The molecule has 1 aromatic heterocycles. The average Bonchev–Trinajstić information content (AvgIpc) is 3.05. The number of pyridine rings is 1. The van der Waals surface area contributed by atoms with Crippen molar-refractivity contribution in [1.29, 1.82) is 0 Å². The molecular formula is C24H22F2N4O6. The molecule has 36 heavy (non-hydrogen) atoms. The third kappa shape index (κ3) is 3.39.